The van der Waals surface area contributed by atoms with Crippen LogP contribution in [0.4, 0.5) is 5.69 Å². The van der Waals surface area contributed by atoms with E-state index in [1.54, 1.807) is 80.6 Å². The van der Waals surface area contributed by atoms with E-state index in [1.807, 2.05) is 13.0 Å². The largest absolute Gasteiger partial charge is 0.352 e. The zero-order chi connectivity index (χ0) is 28.9. The highest BCUT2D eigenvalue weighted by molar-refractivity contribution is 7.92. The van der Waals surface area contributed by atoms with Crippen molar-refractivity contribution in [3.63, 3.8) is 0 Å². The first-order chi connectivity index (χ1) is 19.1. The van der Waals surface area contributed by atoms with Crippen LogP contribution in [0.3, 0.4) is 0 Å². The molecule has 7 nitrogen and oxygen atoms in total. The minimum Gasteiger partial charge on any atom is -0.352 e. The molecule has 3 aromatic carbocycles. The van der Waals surface area contributed by atoms with Crippen molar-refractivity contribution >= 4 is 39.1 Å². The van der Waals surface area contributed by atoms with Gasteiger partial charge in [0.05, 0.1) is 10.6 Å². The topological polar surface area (TPSA) is 86.8 Å². The second-order valence-electron chi connectivity index (χ2n) is 10.4. The predicted molar refractivity (Wildman–Crippen MR) is 159 cm³/mol. The van der Waals surface area contributed by atoms with Crippen molar-refractivity contribution in [2.45, 2.75) is 70.0 Å². The van der Waals surface area contributed by atoms with Crippen LogP contribution in [0.1, 0.15) is 49.3 Å². The van der Waals surface area contributed by atoms with Gasteiger partial charge in [0.2, 0.25) is 11.8 Å². The molecule has 1 aliphatic carbocycles. The molecular formula is C31H36ClN3O4S. The Bertz CT molecular complexity index is 1440. The molecule has 0 bridgehead atoms. The molecule has 212 valence electrons. The van der Waals surface area contributed by atoms with Gasteiger partial charge in [-0.25, -0.2) is 8.42 Å². The number of anilines is 1. The average molecular weight is 582 g/mol. The van der Waals surface area contributed by atoms with Crippen LogP contribution in [0.15, 0.2) is 77.7 Å². The van der Waals surface area contributed by atoms with Gasteiger partial charge in [-0.3, -0.25) is 13.9 Å². The van der Waals surface area contributed by atoms with Gasteiger partial charge in [-0.1, -0.05) is 72.5 Å². The first-order valence-electron chi connectivity index (χ1n) is 13.6. The Labute approximate surface area is 242 Å². The molecule has 0 aromatic heterocycles. The maximum atomic E-state index is 14.0. The van der Waals surface area contributed by atoms with Crippen LogP contribution >= 0.6 is 11.6 Å². The Kier molecular flexibility index (Phi) is 9.53. The summed E-state index contributed by atoms with van der Waals surface area (Å²) < 4.78 is 29.0. The molecule has 3 aromatic rings. The van der Waals surface area contributed by atoms with Crippen molar-refractivity contribution in [3.8, 4) is 0 Å². The van der Waals surface area contributed by atoms with E-state index in [0.717, 1.165) is 41.1 Å². The summed E-state index contributed by atoms with van der Waals surface area (Å²) in [7, 11) is -4.10. The van der Waals surface area contributed by atoms with Crippen LogP contribution in [0.5, 0.6) is 0 Å². The quantitative estimate of drug-likeness (QED) is 0.336. The van der Waals surface area contributed by atoms with Gasteiger partial charge in [0.15, 0.2) is 0 Å². The maximum absolute atomic E-state index is 14.0. The molecular weight excluding hydrogens is 546 g/mol. The van der Waals surface area contributed by atoms with Crippen molar-refractivity contribution in [2.24, 2.45) is 0 Å². The molecule has 0 aliphatic heterocycles. The van der Waals surface area contributed by atoms with Gasteiger partial charge in [0.1, 0.15) is 12.6 Å². The summed E-state index contributed by atoms with van der Waals surface area (Å²) in [5.41, 5.74) is 2.82. The molecule has 1 fully saturated rings. The molecule has 0 spiro atoms. The fourth-order valence-corrected chi connectivity index (χ4v) is 6.56. The highest BCUT2D eigenvalue weighted by atomic mass is 35.5. The number of nitrogens with zero attached hydrogens (tertiary/aromatic N) is 2. The number of hydrogen-bond acceptors (Lipinski definition) is 4. The van der Waals surface area contributed by atoms with Crippen molar-refractivity contribution < 1.29 is 18.0 Å². The van der Waals surface area contributed by atoms with Crippen LogP contribution in [-0.4, -0.2) is 43.8 Å². The van der Waals surface area contributed by atoms with Gasteiger partial charge in [0.25, 0.3) is 10.0 Å². The standard InChI is InChI=1S/C31H36ClN3O4S/c1-22-12-18-28(19-13-22)40(38,39)35(29-11-7-4-8-23(29)2)21-30(36)34(20-25-14-16-26(32)17-15-25)24(3)31(37)33-27-9-5-6-10-27/h4,7-8,11-19,24,27H,5-6,9-10,20-21H2,1-3H3,(H,33,37)/t24-/m1/s1. The number of sulfonamides is 1. The Balaban J connectivity index is 1.69. The lowest BCUT2D eigenvalue weighted by Crippen LogP contribution is -2.52. The number of nitrogens with one attached hydrogen (secondary N) is 1. The number of para-hydroxylation sites is 1. The number of benzene rings is 3. The predicted octanol–water partition coefficient (Wildman–Crippen LogP) is 5.63. The number of aryl methyl sites for hydroxylation is 2. The van der Waals surface area contributed by atoms with E-state index >= 15 is 0 Å². The van der Waals surface area contributed by atoms with Gasteiger partial charge in [-0.15, -0.1) is 0 Å². The second kappa shape index (κ2) is 12.9. The average Bonchev–Trinajstić information content (AvgIpc) is 3.44. The zero-order valence-electron chi connectivity index (χ0n) is 23.1. The molecule has 1 N–H and O–H groups in total. The Hall–Kier alpha value is -3.36. The van der Waals surface area contributed by atoms with E-state index < -0.39 is 28.5 Å². The molecule has 9 heteroatoms. The van der Waals surface area contributed by atoms with Crippen molar-refractivity contribution in [2.75, 3.05) is 10.8 Å². The van der Waals surface area contributed by atoms with E-state index in [1.165, 1.54) is 4.90 Å². The summed E-state index contributed by atoms with van der Waals surface area (Å²) in [5, 5.41) is 3.64. The van der Waals surface area contributed by atoms with Crippen LogP contribution in [0.25, 0.3) is 0 Å². The number of rotatable bonds is 10. The summed E-state index contributed by atoms with van der Waals surface area (Å²) >= 11 is 6.07. The van der Waals surface area contributed by atoms with Gasteiger partial charge in [0, 0.05) is 17.6 Å². The first-order valence-corrected chi connectivity index (χ1v) is 15.4. The summed E-state index contributed by atoms with van der Waals surface area (Å²) in [6, 6.07) is 19.9. The van der Waals surface area contributed by atoms with E-state index in [9.17, 15) is 18.0 Å². The number of halogens is 1. The Morgan fingerprint density at radius 1 is 0.950 bits per heavy atom. The molecule has 0 radical (unpaired) electrons. The third-order valence-electron chi connectivity index (χ3n) is 7.41. The minimum atomic E-state index is -4.10. The van der Waals surface area contributed by atoms with Crippen molar-refractivity contribution in [1.82, 2.24) is 10.2 Å². The SMILES string of the molecule is Cc1ccc(S(=O)(=O)N(CC(=O)N(Cc2ccc(Cl)cc2)[C@H](C)C(=O)NC2CCCC2)c2ccccc2C)cc1. The van der Waals surface area contributed by atoms with Gasteiger partial charge in [-0.05, 0) is 75.1 Å². The number of carbonyl (C=O) groups excluding carboxylic acids is 2. The molecule has 40 heavy (non-hydrogen) atoms. The van der Waals surface area contributed by atoms with Crippen molar-refractivity contribution in [3.05, 3.63) is 94.5 Å². The third kappa shape index (κ3) is 7.04. The summed E-state index contributed by atoms with van der Waals surface area (Å²) in [6.45, 7) is 5.04. The van der Waals surface area contributed by atoms with Gasteiger partial charge < -0.3 is 10.2 Å². The Morgan fingerprint density at radius 3 is 2.20 bits per heavy atom. The monoisotopic (exact) mass is 581 g/mol. The number of carbonyl (C=O) groups is 2. The highest BCUT2D eigenvalue weighted by Crippen LogP contribution is 2.28. The Morgan fingerprint density at radius 2 is 1.57 bits per heavy atom. The van der Waals surface area contributed by atoms with Crippen molar-refractivity contribution in [1.29, 1.82) is 0 Å². The molecule has 0 heterocycles. The number of hydrogen-bond donors (Lipinski definition) is 1. The highest BCUT2D eigenvalue weighted by Gasteiger charge is 2.33. The van der Waals surface area contributed by atoms with E-state index in [4.69, 9.17) is 11.6 Å². The molecule has 1 saturated carbocycles. The van der Waals surface area contributed by atoms with Crippen LogP contribution in [0.2, 0.25) is 5.02 Å². The summed E-state index contributed by atoms with van der Waals surface area (Å²) in [4.78, 5) is 28.9. The molecule has 0 unspecified atom stereocenters. The smallest absolute Gasteiger partial charge is 0.264 e. The fourth-order valence-electron chi connectivity index (χ4n) is 4.96. The maximum Gasteiger partial charge on any atom is 0.264 e. The summed E-state index contributed by atoms with van der Waals surface area (Å²) in [6.07, 6.45) is 3.96. The lowest BCUT2D eigenvalue weighted by molar-refractivity contribution is -0.139. The van der Waals surface area contributed by atoms with Gasteiger partial charge in [-0.2, -0.15) is 0 Å². The molecule has 1 atom stereocenters. The van der Waals surface area contributed by atoms with E-state index in [0.29, 0.717) is 16.3 Å². The number of amides is 2. The first kappa shape index (κ1) is 29.6. The second-order valence-corrected chi connectivity index (χ2v) is 12.7. The zero-order valence-corrected chi connectivity index (χ0v) is 24.7. The normalized spacial score (nSPS) is 14.5. The third-order valence-corrected chi connectivity index (χ3v) is 9.43. The van der Waals surface area contributed by atoms with Crippen LogP contribution in [-0.2, 0) is 26.2 Å². The van der Waals surface area contributed by atoms with Gasteiger partial charge >= 0.3 is 0 Å². The summed E-state index contributed by atoms with van der Waals surface area (Å²) in [5.74, 6) is -0.735. The van der Waals surface area contributed by atoms with E-state index in [2.05, 4.69) is 5.32 Å². The molecule has 1 aliphatic rings. The van der Waals surface area contributed by atoms with Crippen LogP contribution in [0, 0.1) is 13.8 Å². The lowest BCUT2D eigenvalue weighted by atomic mass is 10.1. The molecule has 4 rings (SSSR count). The van der Waals surface area contributed by atoms with E-state index in [-0.39, 0.29) is 23.4 Å². The minimum absolute atomic E-state index is 0.0884. The molecule has 0 saturated heterocycles. The fraction of sp³-hybridized carbons (Fsp3) is 0.355. The lowest BCUT2D eigenvalue weighted by Gasteiger charge is -2.33. The van der Waals surface area contributed by atoms with Crippen LogP contribution < -0.4 is 9.62 Å². The molecule has 2 amide bonds.